The average Bonchev–Trinajstić information content (AvgIpc) is 3.36. The second-order valence-corrected chi connectivity index (χ2v) is 10.4. The van der Waals surface area contributed by atoms with Crippen molar-refractivity contribution in [2.24, 2.45) is 0 Å². The topological polar surface area (TPSA) is 121 Å². The number of carbonyl (C=O) groups is 2. The van der Waals surface area contributed by atoms with Crippen molar-refractivity contribution < 1.29 is 18.0 Å². The van der Waals surface area contributed by atoms with E-state index < -0.39 is 21.7 Å². The van der Waals surface area contributed by atoms with Crippen LogP contribution in [-0.2, 0) is 19.4 Å². The number of piperidine rings is 1. The molecule has 0 spiro atoms. The summed E-state index contributed by atoms with van der Waals surface area (Å²) in [7, 11) is -3.43. The van der Waals surface area contributed by atoms with Crippen molar-refractivity contribution >= 4 is 33.3 Å². The highest BCUT2D eigenvalue weighted by atomic mass is 32.2. The van der Waals surface area contributed by atoms with Crippen LogP contribution in [0.3, 0.4) is 0 Å². The van der Waals surface area contributed by atoms with Gasteiger partial charge >= 0.3 is 11.8 Å². The molecule has 2 N–H and O–H groups in total. The minimum Gasteiger partial charge on any atom is -0.345 e. The highest BCUT2D eigenvalue weighted by Gasteiger charge is 2.30. The van der Waals surface area contributed by atoms with Gasteiger partial charge in [0, 0.05) is 37.2 Å². The molecule has 9 nitrogen and oxygen atoms in total. The Morgan fingerprint density at radius 1 is 0.938 bits per heavy atom. The fourth-order valence-corrected chi connectivity index (χ4v) is 6.16. The molecule has 32 heavy (non-hydrogen) atoms. The molecule has 1 saturated carbocycles. The summed E-state index contributed by atoms with van der Waals surface area (Å²) < 4.78 is 25.6. The summed E-state index contributed by atoms with van der Waals surface area (Å²) in [5, 5.41) is 4.92. The molecule has 1 aromatic carbocycles. The summed E-state index contributed by atoms with van der Waals surface area (Å²) in [5.74, 6) is -0.889. The van der Waals surface area contributed by atoms with Gasteiger partial charge in [0.25, 0.3) is 0 Å². The van der Waals surface area contributed by atoms with Crippen LogP contribution >= 0.6 is 0 Å². The first kappa shape index (κ1) is 22.2. The van der Waals surface area contributed by atoms with Gasteiger partial charge in [0.1, 0.15) is 0 Å². The average molecular weight is 458 g/mol. The van der Waals surface area contributed by atoms with Gasteiger partial charge in [-0.05, 0) is 49.9 Å². The largest absolute Gasteiger partial charge is 0.345 e. The van der Waals surface area contributed by atoms with E-state index >= 15 is 0 Å². The lowest BCUT2D eigenvalue weighted by Gasteiger charge is -2.32. The van der Waals surface area contributed by atoms with E-state index in [1.165, 1.54) is 12.1 Å². The maximum Gasteiger partial charge on any atom is 0.313 e. The van der Waals surface area contributed by atoms with Crippen LogP contribution in [0.2, 0.25) is 0 Å². The van der Waals surface area contributed by atoms with Crippen LogP contribution in [0.4, 0.5) is 11.6 Å². The maximum absolute atomic E-state index is 12.8. The number of carbonyl (C=O) groups excluding carboxylic acids is 2. The van der Waals surface area contributed by atoms with Gasteiger partial charge in [-0.3, -0.25) is 9.59 Å². The van der Waals surface area contributed by atoms with E-state index in [0.717, 1.165) is 12.8 Å². The Balaban J connectivity index is 1.31. The molecule has 2 aromatic rings. The van der Waals surface area contributed by atoms with Crippen LogP contribution in [0.25, 0.3) is 0 Å². The minimum absolute atomic E-state index is 0.123. The molecular weight excluding hydrogens is 430 g/mol. The lowest BCUT2D eigenvalue weighted by atomic mass is 10.1. The molecule has 4 rings (SSSR count). The van der Waals surface area contributed by atoms with Gasteiger partial charge in [0.15, 0.2) is 9.84 Å². The predicted octanol–water partition coefficient (Wildman–Crippen LogP) is 1.92. The van der Waals surface area contributed by atoms with Crippen molar-refractivity contribution in [3.8, 4) is 0 Å². The Kier molecular flexibility index (Phi) is 6.69. The predicted molar refractivity (Wildman–Crippen MR) is 120 cm³/mol. The standard InChI is InChI=1S/C22H27N5O4S/c28-20(25-16-9-13-27(14-10-16)22-23-11-4-12-24-22)21(29)26-17-5-3-8-19(15-17)32(30,31)18-6-1-2-7-18/h3-5,8,11-12,15-16,18H,1-2,6-7,9-10,13-14H2,(H,25,28)(H,26,29). The number of nitrogens with one attached hydrogen (secondary N) is 2. The second kappa shape index (κ2) is 9.64. The number of hydrogen-bond donors (Lipinski definition) is 2. The van der Waals surface area contributed by atoms with E-state index in [2.05, 4.69) is 20.6 Å². The Bertz CT molecular complexity index is 1060. The summed E-state index contributed by atoms with van der Waals surface area (Å²) >= 11 is 0. The molecule has 1 aromatic heterocycles. The fourth-order valence-electron chi connectivity index (χ4n) is 4.26. The van der Waals surface area contributed by atoms with E-state index in [9.17, 15) is 18.0 Å². The van der Waals surface area contributed by atoms with E-state index in [1.807, 2.05) is 4.90 Å². The Hall–Kier alpha value is -3.01. The number of rotatable bonds is 5. The fraction of sp³-hybridized carbons (Fsp3) is 0.455. The summed E-state index contributed by atoms with van der Waals surface area (Å²) in [6, 6.07) is 7.76. The zero-order chi connectivity index (χ0) is 22.6. The number of hydrogen-bond acceptors (Lipinski definition) is 7. The number of aromatic nitrogens is 2. The summed E-state index contributed by atoms with van der Waals surface area (Å²) in [5.41, 5.74) is 0.292. The third-order valence-electron chi connectivity index (χ3n) is 6.03. The Morgan fingerprint density at radius 2 is 1.62 bits per heavy atom. The lowest BCUT2D eigenvalue weighted by Crippen LogP contribution is -2.48. The molecule has 0 radical (unpaired) electrons. The number of nitrogens with zero attached hydrogens (tertiary/aromatic N) is 3. The SMILES string of the molecule is O=C(Nc1cccc(S(=O)(=O)C2CCCC2)c1)C(=O)NC1CCN(c2ncccn2)CC1. The van der Waals surface area contributed by atoms with Crippen molar-refractivity contribution in [1.29, 1.82) is 0 Å². The summed E-state index contributed by atoms with van der Waals surface area (Å²) in [6.45, 7) is 1.36. The van der Waals surface area contributed by atoms with Crippen LogP contribution in [0, 0.1) is 0 Å². The first-order chi connectivity index (χ1) is 15.4. The molecule has 0 bridgehead atoms. The Labute approximate surface area is 187 Å². The van der Waals surface area contributed by atoms with E-state index in [-0.39, 0.29) is 16.2 Å². The van der Waals surface area contributed by atoms with Crippen molar-refractivity contribution in [1.82, 2.24) is 15.3 Å². The number of amides is 2. The van der Waals surface area contributed by atoms with Gasteiger partial charge in [0.05, 0.1) is 10.1 Å². The van der Waals surface area contributed by atoms with Gasteiger partial charge in [0.2, 0.25) is 5.95 Å². The third kappa shape index (κ3) is 5.07. The van der Waals surface area contributed by atoms with Crippen molar-refractivity contribution in [2.75, 3.05) is 23.3 Å². The molecule has 10 heteroatoms. The molecule has 170 valence electrons. The van der Waals surface area contributed by atoms with Gasteiger partial charge in [-0.25, -0.2) is 18.4 Å². The summed E-state index contributed by atoms with van der Waals surface area (Å²) in [6.07, 6.45) is 7.88. The molecule has 1 aliphatic heterocycles. The van der Waals surface area contributed by atoms with Crippen LogP contribution in [-0.4, -0.2) is 54.6 Å². The first-order valence-electron chi connectivity index (χ1n) is 10.9. The molecule has 2 aliphatic rings. The normalized spacial score (nSPS) is 17.8. The molecule has 1 saturated heterocycles. The van der Waals surface area contributed by atoms with Crippen molar-refractivity contribution in [3.05, 3.63) is 42.7 Å². The van der Waals surface area contributed by atoms with Crippen LogP contribution in [0.5, 0.6) is 0 Å². The quantitative estimate of drug-likeness (QED) is 0.658. The minimum atomic E-state index is -3.43. The van der Waals surface area contributed by atoms with Crippen LogP contribution in [0.15, 0.2) is 47.6 Å². The number of benzene rings is 1. The van der Waals surface area contributed by atoms with Crippen molar-refractivity contribution in [2.45, 2.75) is 54.7 Å². The Morgan fingerprint density at radius 3 is 2.31 bits per heavy atom. The molecule has 0 atom stereocenters. The van der Waals surface area contributed by atoms with Gasteiger partial charge in [-0.1, -0.05) is 18.9 Å². The third-order valence-corrected chi connectivity index (χ3v) is 8.29. The van der Waals surface area contributed by atoms with Crippen LogP contribution < -0.4 is 15.5 Å². The highest BCUT2D eigenvalue weighted by Crippen LogP contribution is 2.30. The zero-order valence-corrected chi connectivity index (χ0v) is 18.6. The second-order valence-electron chi connectivity index (χ2n) is 8.22. The molecule has 1 aliphatic carbocycles. The van der Waals surface area contributed by atoms with E-state index in [0.29, 0.717) is 50.4 Å². The summed E-state index contributed by atoms with van der Waals surface area (Å²) in [4.78, 5) is 35.5. The molecular formula is C22H27N5O4S. The monoisotopic (exact) mass is 457 g/mol. The first-order valence-corrected chi connectivity index (χ1v) is 12.5. The molecule has 2 fully saturated rings. The lowest BCUT2D eigenvalue weighted by molar-refractivity contribution is -0.136. The van der Waals surface area contributed by atoms with Crippen molar-refractivity contribution in [3.63, 3.8) is 0 Å². The van der Waals surface area contributed by atoms with Gasteiger partial charge in [-0.15, -0.1) is 0 Å². The molecule has 0 unspecified atom stereocenters. The molecule has 2 heterocycles. The smallest absolute Gasteiger partial charge is 0.313 e. The molecule has 2 amide bonds. The van der Waals surface area contributed by atoms with Gasteiger partial charge in [-0.2, -0.15) is 0 Å². The zero-order valence-electron chi connectivity index (χ0n) is 17.7. The van der Waals surface area contributed by atoms with E-state index in [4.69, 9.17) is 0 Å². The van der Waals surface area contributed by atoms with Gasteiger partial charge < -0.3 is 15.5 Å². The maximum atomic E-state index is 12.8. The highest BCUT2D eigenvalue weighted by molar-refractivity contribution is 7.92. The number of sulfone groups is 1. The number of anilines is 2. The van der Waals surface area contributed by atoms with E-state index in [1.54, 1.807) is 30.6 Å². The van der Waals surface area contributed by atoms with Crippen LogP contribution in [0.1, 0.15) is 38.5 Å².